The third-order valence-electron chi connectivity index (χ3n) is 4.18. The van der Waals surface area contributed by atoms with E-state index >= 15 is 0 Å². The lowest BCUT2D eigenvalue weighted by atomic mass is 10.1. The Hall–Kier alpha value is -1.06. The number of hydrogen-bond donors (Lipinski definition) is 1. The van der Waals surface area contributed by atoms with Crippen molar-refractivity contribution in [3.8, 4) is 5.75 Å². The van der Waals surface area contributed by atoms with Crippen molar-refractivity contribution >= 4 is 0 Å². The lowest BCUT2D eigenvalue weighted by molar-refractivity contribution is 0.179. The second kappa shape index (κ2) is 9.06. The van der Waals surface area contributed by atoms with Crippen molar-refractivity contribution in [1.82, 2.24) is 5.32 Å². The number of rotatable bonds is 7. The van der Waals surface area contributed by atoms with Gasteiger partial charge in [-0.3, -0.25) is 0 Å². The Morgan fingerprint density at radius 1 is 1.14 bits per heavy atom. The molecule has 1 fully saturated rings. The van der Waals surface area contributed by atoms with Crippen molar-refractivity contribution in [1.29, 1.82) is 0 Å². The molecule has 0 amide bonds. The zero-order valence-corrected chi connectivity index (χ0v) is 13.5. The Balaban J connectivity index is 1.98. The molecule has 0 aromatic heterocycles. The van der Waals surface area contributed by atoms with E-state index in [2.05, 4.69) is 30.4 Å². The maximum Gasteiger partial charge on any atom is 0.127 e. The molecule has 0 heterocycles. The van der Waals surface area contributed by atoms with Gasteiger partial charge in [-0.15, -0.1) is 0 Å². The highest BCUT2D eigenvalue weighted by molar-refractivity contribution is 5.40. The first-order valence-electron chi connectivity index (χ1n) is 8.26. The minimum Gasteiger partial charge on any atom is -0.490 e. The van der Waals surface area contributed by atoms with Gasteiger partial charge in [-0.2, -0.15) is 0 Å². The summed E-state index contributed by atoms with van der Waals surface area (Å²) in [4.78, 5) is 0. The summed E-state index contributed by atoms with van der Waals surface area (Å²) in [5.74, 6) is 1.09. The first kappa shape index (κ1) is 16.3. The van der Waals surface area contributed by atoms with Gasteiger partial charge in [0.05, 0.1) is 12.7 Å². The molecule has 3 heteroatoms. The summed E-state index contributed by atoms with van der Waals surface area (Å²) < 4.78 is 11.5. The van der Waals surface area contributed by atoms with Crippen molar-refractivity contribution in [2.45, 2.75) is 58.1 Å². The maximum atomic E-state index is 6.38. The summed E-state index contributed by atoms with van der Waals surface area (Å²) in [5, 5.41) is 3.41. The molecular weight excluding hydrogens is 262 g/mol. The predicted octanol–water partition coefficient (Wildman–Crippen LogP) is 3.83. The Bertz CT molecular complexity index is 412. The molecule has 0 bridgehead atoms. The number of aryl methyl sites for hydroxylation is 1. The average Bonchev–Trinajstić information content (AvgIpc) is 2.75. The van der Waals surface area contributed by atoms with Crippen LogP contribution in [0.1, 0.15) is 49.7 Å². The summed E-state index contributed by atoms with van der Waals surface area (Å²) in [7, 11) is 1.73. The SMILES string of the molecule is COCCNCc1cccc(C)c1OC1CCCCCC1. The minimum atomic E-state index is 0.395. The van der Waals surface area contributed by atoms with Crippen LogP contribution in [-0.4, -0.2) is 26.4 Å². The zero-order chi connectivity index (χ0) is 14.9. The molecule has 0 aliphatic heterocycles. The van der Waals surface area contributed by atoms with Crippen LogP contribution in [0, 0.1) is 6.92 Å². The fourth-order valence-corrected chi connectivity index (χ4v) is 2.94. The molecule has 1 aromatic carbocycles. The van der Waals surface area contributed by atoms with Crippen LogP contribution in [0.4, 0.5) is 0 Å². The van der Waals surface area contributed by atoms with E-state index < -0.39 is 0 Å². The molecule has 1 saturated carbocycles. The largest absolute Gasteiger partial charge is 0.490 e. The van der Waals surface area contributed by atoms with Gasteiger partial charge in [0.15, 0.2) is 0 Å². The van der Waals surface area contributed by atoms with E-state index in [9.17, 15) is 0 Å². The first-order chi connectivity index (χ1) is 10.3. The van der Waals surface area contributed by atoms with Gasteiger partial charge >= 0.3 is 0 Å². The first-order valence-corrected chi connectivity index (χ1v) is 8.26. The minimum absolute atomic E-state index is 0.395. The quantitative estimate of drug-likeness (QED) is 0.612. The van der Waals surface area contributed by atoms with Crippen molar-refractivity contribution in [3.05, 3.63) is 29.3 Å². The molecule has 0 radical (unpaired) electrons. The fourth-order valence-electron chi connectivity index (χ4n) is 2.94. The van der Waals surface area contributed by atoms with Gasteiger partial charge < -0.3 is 14.8 Å². The molecular formula is C18H29NO2. The van der Waals surface area contributed by atoms with Crippen molar-refractivity contribution in [2.75, 3.05) is 20.3 Å². The number of nitrogens with one attached hydrogen (secondary N) is 1. The number of ether oxygens (including phenoxy) is 2. The molecule has 0 unspecified atom stereocenters. The second-order valence-corrected chi connectivity index (χ2v) is 5.96. The van der Waals surface area contributed by atoms with Gasteiger partial charge in [0.25, 0.3) is 0 Å². The predicted molar refractivity (Wildman–Crippen MR) is 86.9 cm³/mol. The molecule has 1 N–H and O–H groups in total. The number of benzene rings is 1. The third kappa shape index (κ3) is 5.33. The molecule has 2 rings (SSSR count). The van der Waals surface area contributed by atoms with Crippen LogP contribution in [0.5, 0.6) is 5.75 Å². The van der Waals surface area contributed by atoms with Crippen LogP contribution >= 0.6 is 0 Å². The number of para-hydroxylation sites is 1. The molecule has 118 valence electrons. The maximum absolute atomic E-state index is 6.38. The van der Waals surface area contributed by atoms with Gasteiger partial charge in [-0.25, -0.2) is 0 Å². The standard InChI is InChI=1S/C18H29NO2/c1-15-8-7-9-16(14-19-12-13-20-2)18(15)21-17-10-5-3-4-6-11-17/h7-9,17,19H,3-6,10-14H2,1-2H3. The van der Waals surface area contributed by atoms with Crippen molar-refractivity contribution < 1.29 is 9.47 Å². The number of hydrogen-bond acceptors (Lipinski definition) is 3. The lowest BCUT2D eigenvalue weighted by Crippen LogP contribution is -2.21. The summed E-state index contributed by atoms with van der Waals surface area (Å²) in [6.07, 6.45) is 8.12. The monoisotopic (exact) mass is 291 g/mol. The molecule has 3 nitrogen and oxygen atoms in total. The van der Waals surface area contributed by atoms with Gasteiger partial charge in [-0.1, -0.05) is 31.0 Å². The fraction of sp³-hybridized carbons (Fsp3) is 0.667. The van der Waals surface area contributed by atoms with Gasteiger partial charge in [0.2, 0.25) is 0 Å². The lowest BCUT2D eigenvalue weighted by Gasteiger charge is -2.21. The highest BCUT2D eigenvalue weighted by Crippen LogP contribution is 2.28. The number of methoxy groups -OCH3 is 1. The highest BCUT2D eigenvalue weighted by Gasteiger charge is 2.16. The van der Waals surface area contributed by atoms with Crippen LogP contribution < -0.4 is 10.1 Å². The summed E-state index contributed by atoms with van der Waals surface area (Å²) in [6.45, 7) is 4.59. The van der Waals surface area contributed by atoms with Crippen LogP contribution in [0.25, 0.3) is 0 Å². The topological polar surface area (TPSA) is 30.5 Å². The van der Waals surface area contributed by atoms with Crippen LogP contribution in [0.2, 0.25) is 0 Å². The normalized spacial score (nSPS) is 16.7. The average molecular weight is 291 g/mol. The van der Waals surface area contributed by atoms with Crippen molar-refractivity contribution in [3.63, 3.8) is 0 Å². The van der Waals surface area contributed by atoms with E-state index in [1.807, 2.05) is 0 Å². The molecule has 1 aromatic rings. The Kier molecular flexibility index (Phi) is 7.04. The van der Waals surface area contributed by atoms with Crippen LogP contribution in [-0.2, 0) is 11.3 Å². The molecule has 1 aliphatic carbocycles. The Morgan fingerprint density at radius 3 is 2.62 bits per heavy atom. The highest BCUT2D eigenvalue weighted by atomic mass is 16.5. The van der Waals surface area contributed by atoms with Gasteiger partial charge in [0, 0.05) is 25.8 Å². The van der Waals surface area contributed by atoms with Gasteiger partial charge in [0.1, 0.15) is 5.75 Å². The van der Waals surface area contributed by atoms with Crippen molar-refractivity contribution in [2.24, 2.45) is 0 Å². The van der Waals surface area contributed by atoms with Crippen LogP contribution in [0.3, 0.4) is 0 Å². The zero-order valence-electron chi connectivity index (χ0n) is 13.5. The molecule has 0 saturated heterocycles. The summed E-state index contributed by atoms with van der Waals surface area (Å²) in [5.41, 5.74) is 2.50. The molecule has 0 spiro atoms. The van der Waals surface area contributed by atoms with E-state index in [4.69, 9.17) is 9.47 Å². The van der Waals surface area contributed by atoms with Crippen LogP contribution in [0.15, 0.2) is 18.2 Å². The second-order valence-electron chi connectivity index (χ2n) is 5.96. The smallest absolute Gasteiger partial charge is 0.127 e. The van der Waals surface area contributed by atoms with E-state index in [0.29, 0.717) is 6.10 Å². The van der Waals surface area contributed by atoms with E-state index in [-0.39, 0.29) is 0 Å². The third-order valence-corrected chi connectivity index (χ3v) is 4.18. The van der Waals surface area contributed by atoms with E-state index in [0.717, 1.165) is 25.4 Å². The summed E-state index contributed by atoms with van der Waals surface area (Å²) in [6, 6.07) is 6.42. The summed E-state index contributed by atoms with van der Waals surface area (Å²) >= 11 is 0. The molecule has 21 heavy (non-hydrogen) atoms. The van der Waals surface area contributed by atoms with Gasteiger partial charge in [-0.05, 0) is 38.2 Å². The van der Waals surface area contributed by atoms with E-state index in [1.165, 1.54) is 49.7 Å². The van der Waals surface area contributed by atoms with E-state index in [1.54, 1.807) is 7.11 Å². The Labute approximate surface area is 129 Å². The molecule has 0 atom stereocenters. The molecule has 1 aliphatic rings. The Morgan fingerprint density at radius 2 is 1.90 bits per heavy atom.